The molecule has 2 unspecified atom stereocenters. The predicted molar refractivity (Wildman–Crippen MR) is 82.2 cm³/mol. The van der Waals surface area contributed by atoms with Gasteiger partial charge in [0.1, 0.15) is 5.75 Å². The van der Waals surface area contributed by atoms with Crippen LogP contribution in [0, 0.1) is 0 Å². The van der Waals surface area contributed by atoms with Crippen molar-refractivity contribution >= 4 is 17.5 Å². The molecular weight excluding hydrogens is 276 g/mol. The van der Waals surface area contributed by atoms with Gasteiger partial charge in [-0.05, 0) is 44.4 Å². The summed E-state index contributed by atoms with van der Waals surface area (Å²) >= 11 is 6.17. The van der Waals surface area contributed by atoms with Crippen molar-refractivity contribution in [3.8, 4) is 5.75 Å². The summed E-state index contributed by atoms with van der Waals surface area (Å²) in [6.07, 6.45) is 1.08. The van der Waals surface area contributed by atoms with Crippen LogP contribution in [0.15, 0.2) is 18.2 Å². The van der Waals surface area contributed by atoms with Crippen LogP contribution in [0.1, 0.15) is 32.8 Å². The van der Waals surface area contributed by atoms with E-state index in [9.17, 15) is 4.79 Å². The molecule has 0 saturated carbocycles. The fourth-order valence-electron chi connectivity index (χ4n) is 1.77. The highest BCUT2D eigenvalue weighted by atomic mass is 35.5. The van der Waals surface area contributed by atoms with E-state index in [1.54, 1.807) is 13.0 Å². The van der Waals surface area contributed by atoms with E-state index in [4.69, 9.17) is 22.1 Å². The molecule has 3 N–H and O–H groups in total. The van der Waals surface area contributed by atoms with Crippen molar-refractivity contribution in [1.82, 2.24) is 5.32 Å². The lowest BCUT2D eigenvalue weighted by molar-refractivity contribution is -0.127. The summed E-state index contributed by atoms with van der Waals surface area (Å²) in [4.78, 5) is 11.7. The Labute approximate surface area is 125 Å². The minimum absolute atomic E-state index is 0.0802. The maximum absolute atomic E-state index is 11.7. The predicted octanol–water partition coefficient (Wildman–Crippen LogP) is 2.52. The molecule has 4 nitrogen and oxygen atoms in total. The molecule has 20 heavy (non-hydrogen) atoms. The summed E-state index contributed by atoms with van der Waals surface area (Å²) in [7, 11) is 0. The Morgan fingerprint density at radius 3 is 2.70 bits per heavy atom. The Bertz CT molecular complexity index is 449. The Hall–Kier alpha value is -1.26. The lowest BCUT2D eigenvalue weighted by Gasteiger charge is -2.16. The first-order valence-electron chi connectivity index (χ1n) is 6.92. The summed E-state index contributed by atoms with van der Waals surface area (Å²) in [5, 5.41) is 3.28. The number of nitrogens with one attached hydrogen (secondary N) is 1. The molecular formula is C15H23ClN2O2. The minimum atomic E-state index is -0.571. The summed E-state index contributed by atoms with van der Waals surface area (Å²) in [6, 6.07) is 5.61. The first-order valence-corrected chi connectivity index (χ1v) is 7.30. The van der Waals surface area contributed by atoms with E-state index in [0.717, 1.165) is 18.4 Å². The Morgan fingerprint density at radius 1 is 1.45 bits per heavy atom. The lowest BCUT2D eigenvalue weighted by atomic mass is 10.1. The molecule has 1 amide bonds. The van der Waals surface area contributed by atoms with E-state index < -0.39 is 6.10 Å². The standard InChI is InChI=1S/C15H23ClN2O2/c1-4-7-18-15(19)11(3)20-14-6-5-12(8-10(2)17)9-13(14)16/h5-6,9-11H,4,7-8,17H2,1-3H3,(H,18,19). The SMILES string of the molecule is CCCNC(=O)C(C)Oc1ccc(CC(C)N)cc1Cl. The third-order valence-electron chi connectivity index (χ3n) is 2.78. The second-order valence-electron chi connectivity index (χ2n) is 5.00. The monoisotopic (exact) mass is 298 g/mol. The van der Waals surface area contributed by atoms with Crippen LogP contribution in [-0.2, 0) is 11.2 Å². The Balaban J connectivity index is 2.66. The number of nitrogens with two attached hydrogens (primary N) is 1. The summed E-state index contributed by atoms with van der Waals surface area (Å²) < 4.78 is 5.59. The number of carbonyl (C=O) groups is 1. The largest absolute Gasteiger partial charge is 0.479 e. The minimum Gasteiger partial charge on any atom is -0.479 e. The fraction of sp³-hybridized carbons (Fsp3) is 0.533. The lowest BCUT2D eigenvalue weighted by Crippen LogP contribution is -2.36. The molecule has 0 spiro atoms. The van der Waals surface area contributed by atoms with Crippen LogP contribution in [-0.4, -0.2) is 24.6 Å². The molecule has 0 fully saturated rings. The first kappa shape index (κ1) is 16.8. The molecule has 112 valence electrons. The number of carbonyl (C=O) groups excluding carboxylic acids is 1. The number of amides is 1. The molecule has 1 aromatic carbocycles. The van der Waals surface area contributed by atoms with Gasteiger partial charge in [0, 0.05) is 12.6 Å². The van der Waals surface area contributed by atoms with Crippen molar-refractivity contribution in [3.05, 3.63) is 28.8 Å². The van der Waals surface area contributed by atoms with E-state index in [1.165, 1.54) is 0 Å². The van der Waals surface area contributed by atoms with E-state index in [0.29, 0.717) is 17.3 Å². The van der Waals surface area contributed by atoms with Crippen molar-refractivity contribution in [2.24, 2.45) is 5.73 Å². The molecule has 0 saturated heterocycles. The quantitative estimate of drug-likeness (QED) is 0.813. The van der Waals surface area contributed by atoms with Crippen LogP contribution in [0.4, 0.5) is 0 Å². The summed E-state index contributed by atoms with van der Waals surface area (Å²) in [5.41, 5.74) is 6.81. The fourth-order valence-corrected chi connectivity index (χ4v) is 2.02. The Morgan fingerprint density at radius 2 is 2.15 bits per heavy atom. The van der Waals surface area contributed by atoms with Gasteiger partial charge >= 0.3 is 0 Å². The molecule has 0 aromatic heterocycles. The molecule has 0 heterocycles. The van der Waals surface area contributed by atoms with Crippen molar-refractivity contribution in [2.45, 2.75) is 45.8 Å². The van der Waals surface area contributed by atoms with Gasteiger partial charge in [-0.25, -0.2) is 0 Å². The first-order chi connectivity index (χ1) is 9.43. The normalized spacial score (nSPS) is 13.7. The average Bonchev–Trinajstić information content (AvgIpc) is 2.38. The summed E-state index contributed by atoms with van der Waals surface area (Å²) in [6.45, 7) is 6.29. The van der Waals surface area contributed by atoms with Crippen LogP contribution in [0.25, 0.3) is 0 Å². The highest BCUT2D eigenvalue weighted by Gasteiger charge is 2.15. The molecule has 1 rings (SSSR count). The van der Waals surface area contributed by atoms with Crippen LogP contribution in [0.2, 0.25) is 5.02 Å². The molecule has 0 aliphatic carbocycles. The molecule has 1 aromatic rings. The van der Waals surface area contributed by atoms with Gasteiger partial charge in [0.05, 0.1) is 5.02 Å². The molecule has 5 heteroatoms. The van der Waals surface area contributed by atoms with Crippen LogP contribution < -0.4 is 15.8 Å². The number of ether oxygens (including phenoxy) is 1. The third-order valence-corrected chi connectivity index (χ3v) is 3.07. The zero-order valence-corrected chi connectivity index (χ0v) is 13.0. The zero-order chi connectivity index (χ0) is 15.1. The van der Waals surface area contributed by atoms with E-state index in [1.807, 2.05) is 26.0 Å². The van der Waals surface area contributed by atoms with Crippen molar-refractivity contribution in [1.29, 1.82) is 0 Å². The number of hydrogen-bond donors (Lipinski definition) is 2. The smallest absolute Gasteiger partial charge is 0.260 e. The highest BCUT2D eigenvalue weighted by Crippen LogP contribution is 2.26. The molecule has 0 aliphatic heterocycles. The van der Waals surface area contributed by atoms with Crippen LogP contribution >= 0.6 is 11.6 Å². The van der Waals surface area contributed by atoms with E-state index in [-0.39, 0.29) is 11.9 Å². The van der Waals surface area contributed by atoms with Crippen molar-refractivity contribution in [2.75, 3.05) is 6.54 Å². The van der Waals surface area contributed by atoms with Gasteiger partial charge in [-0.2, -0.15) is 0 Å². The maximum atomic E-state index is 11.7. The molecule has 0 radical (unpaired) electrons. The van der Waals surface area contributed by atoms with Gasteiger partial charge in [-0.3, -0.25) is 4.79 Å². The van der Waals surface area contributed by atoms with E-state index in [2.05, 4.69) is 5.32 Å². The summed E-state index contributed by atoms with van der Waals surface area (Å²) in [5.74, 6) is 0.377. The zero-order valence-electron chi connectivity index (χ0n) is 12.3. The second-order valence-corrected chi connectivity index (χ2v) is 5.40. The number of benzene rings is 1. The van der Waals surface area contributed by atoms with Crippen molar-refractivity contribution < 1.29 is 9.53 Å². The van der Waals surface area contributed by atoms with Gasteiger partial charge in [0.15, 0.2) is 6.10 Å². The number of hydrogen-bond acceptors (Lipinski definition) is 3. The Kier molecular flexibility index (Phi) is 6.82. The van der Waals surface area contributed by atoms with Gasteiger partial charge in [0.25, 0.3) is 5.91 Å². The topological polar surface area (TPSA) is 64.3 Å². The number of rotatable bonds is 7. The molecule has 0 aliphatic rings. The third kappa shape index (κ3) is 5.39. The van der Waals surface area contributed by atoms with Gasteiger partial charge in [0.2, 0.25) is 0 Å². The van der Waals surface area contributed by atoms with Crippen molar-refractivity contribution in [3.63, 3.8) is 0 Å². The average molecular weight is 299 g/mol. The van der Waals surface area contributed by atoms with Gasteiger partial charge in [-0.1, -0.05) is 24.6 Å². The van der Waals surface area contributed by atoms with E-state index >= 15 is 0 Å². The van der Waals surface area contributed by atoms with Crippen LogP contribution in [0.3, 0.4) is 0 Å². The van der Waals surface area contributed by atoms with Crippen LogP contribution in [0.5, 0.6) is 5.75 Å². The molecule has 0 bridgehead atoms. The second kappa shape index (κ2) is 8.12. The highest BCUT2D eigenvalue weighted by molar-refractivity contribution is 6.32. The number of halogens is 1. The van der Waals surface area contributed by atoms with Gasteiger partial charge in [-0.15, -0.1) is 0 Å². The molecule has 2 atom stereocenters. The van der Waals surface area contributed by atoms with Gasteiger partial charge < -0.3 is 15.8 Å². The maximum Gasteiger partial charge on any atom is 0.260 e.